The van der Waals surface area contributed by atoms with E-state index in [1.807, 2.05) is 24.3 Å². The third kappa shape index (κ3) is 7.67. The van der Waals surface area contributed by atoms with Gasteiger partial charge in [-0.3, -0.25) is 9.59 Å². The molecule has 218 valence electrons. The summed E-state index contributed by atoms with van der Waals surface area (Å²) in [6.45, 7) is 4.59. The lowest BCUT2D eigenvalue weighted by molar-refractivity contribution is -0.120. The fraction of sp³-hybridized carbons (Fsp3) is 0.548. The molecule has 2 aromatic carbocycles. The van der Waals surface area contributed by atoms with Gasteiger partial charge < -0.3 is 35.3 Å². The van der Waals surface area contributed by atoms with Crippen molar-refractivity contribution in [2.75, 3.05) is 38.0 Å². The molecular weight excluding hydrogens is 510 g/mol. The minimum absolute atomic E-state index is 0.00702. The monoisotopic (exact) mass is 553 g/mol. The Morgan fingerprint density at radius 3 is 2.50 bits per heavy atom. The molecule has 2 aliphatic rings. The van der Waals surface area contributed by atoms with Gasteiger partial charge in [0.2, 0.25) is 11.8 Å². The van der Waals surface area contributed by atoms with Crippen molar-refractivity contribution in [1.29, 1.82) is 0 Å². The Morgan fingerprint density at radius 2 is 1.77 bits per heavy atom. The molecule has 1 aliphatic carbocycles. The average Bonchev–Trinajstić information content (AvgIpc) is 2.95. The van der Waals surface area contributed by atoms with Gasteiger partial charge in [-0.05, 0) is 69.4 Å². The van der Waals surface area contributed by atoms with Crippen LogP contribution in [-0.4, -0.2) is 55.9 Å². The summed E-state index contributed by atoms with van der Waals surface area (Å²) in [5.74, 6) is 1.91. The average molecular weight is 554 g/mol. The van der Waals surface area contributed by atoms with Crippen molar-refractivity contribution in [2.45, 2.75) is 76.9 Å². The standard InChI is InChI=1S/C31H43N3O6/c1-31(2,17-20-10-13-26(38-3)27(16-20)39-4)32-18-22(35)19-40-25-14-12-24(29-23(25)11-15-28(36)34-29)33-30(37)21-8-6-5-7-9-21/h10,12-14,16,21-22,32,35H,5-9,11,15,17-19H2,1-4H3,(H,33,37)(H,34,36). The SMILES string of the molecule is COc1ccc(CC(C)(C)NCC(O)COc2ccc(NC(=O)C3CCCCC3)c3c2CCC(=O)N3)cc1OC. The number of β-amino-alcohol motifs (C(OH)–C–C–N with tert-alkyl or cyclic N) is 1. The normalized spacial score (nSPS) is 16.5. The topological polar surface area (TPSA) is 118 Å². The first-order valence-electron chi connectivity index (χ1n) is 14.2. The van der Waals surface area contributed by atoms with E-state index in [0.717, 1.165) is 43.2 Å². The molecule has 1 aliphatic heterocycles. The largest absolute Gasteiger partial charge is 0.493 e. The third-order valence-corrected chi connectivity index (χ3v) is 7.71. The highest BCUT2D eigenvalue weighted by Crippen LogP contribution is 2.38. The van der Waals surface area contributed by atoms with Crippen molar-refractivity contribution < 1.29 is 28.9 Å². The third-order valence-electron chi connectivity index (χ3n) is 7.71. The molecule has 4 N–H and O–H groups in total. The van der Waals surface area contributed by atoms with Crippen LogP contribution in [0.3, 0.4) is 0 Å². The molecule has 40 heavy (non-hydrogen) atoms. The van der Waals surface area contributed by atoms with Gasteiger partial charge in [0.1, 0.15) is 18.5 Å². The van der Waals surface area contributed by atoms with E-state index < -0.39 is 6.10 Å². The van der Waals surface area contributed by atoms with Gasteiger partial charge in [-0.15, -0.1) is 0 Å². The second kappa shape index (κ2) is 13.4. The molecular formula is C31H43N3O6. The molecule has 4 rings (SSSR count). The highest BCUT2D eigenvalue weighted by atomic mass is 16.5. The molecule has 1 heterocycles. The van der Waals surface area contributed by atoms with Gasteiger partial charge in [0.25, 0.3) is 0 Å². The Balaban J connectivity index is 1.34. The summed E-state index contributed by atoms with van der Waals surface area (Å²) >= 11 is 0. The van der Waals surface area contributed by atoms with Crippen LogP contribution in [0, 0.1) is 5.92 Å². The number of hydrogen-bond donors (Lipinski definition) is 4. The van der Waals surface area contributed by atoms with E-state index in [1.54, 1.807) is 20.3 Å². The van der Waals surface area contributed by atoms with Gasteiger partial charge in [0.05, 0.1) is 25.6 Å². The number of carbonyl (C=O) groups is 2. The van der Waals surface area contributed by atoms with Crippen molar-refractivity contribution in [2.24, 2.45) is 5.92 Å². The van der Waals surface area contributed by atoms with Gasteiger partial charge in [-0.2, -0.15) is 0 Å². The number of hydrogen-bond acceptors (Lipinski definition) is 7. The number of anilines is 2. The second-order valence-corrected chi connectivity index (χ2v) is 11.4. The van der Waals surface area contributed by atoms with Crippen molar-refractivity contribution in [3.8, 4) is 17.2 Å². The van der Waals surface area contributed by atoms with Gasteiger partial charge in [0.15, 0.2) is 11.5 Å². The molecule has 2 aromatic rings. The van der Waals surface area contributed by atoms with Crippen LogP contribution in [0.1, 0.15) is 63.5 Å². The molecule has 9 heteroatoms. The molecule has 0 bridgehead atoms. The smallest absolute Gasteiger partial charge is 0.227 e. The predicted octanol–water partition coefficient (Wildman–Crippen LogP) is 4.46. The maximum Gasteiger partial charge on any atom is 0.227 e. The van der Waals surface area contributed by atoms with E-state index in [9.17, 15) is 14.7 Å². The summed E-state index contributed by atoms with van der Waals surface area (Å²) in [6.07, 6.45) is 5.96. The Morgan fingerprint density at radius 1 is 1.05 bits per heavy atom. The number of fused-ring (bicyclic) bond motifs is 1. The zero-order chi connectivity index (χ0) is 28.7. The number of amides is 2. The Hall–Kier alpha value is -3.30. The molecule has 1 saturated carbocycles. The van der Waals surface area contributed by atoms with Crippen molar-refractivity contribution in [1.82, 2.24) is 5.32 Å². The molecule has 1 unspecified atom stereocenters. The fourth-order valence-corrected chi connectivity index (χ4v) is 5.50. The van der Waals surface area contributed by atoms with E-state index in [2.05, 4.69) is 29.8 Å². The van der Waals surface area contributed by atoms with Crippen molar-refractivity contribution in [3.05, 3.63) is 41.5 Å². The van der Waals surface area contributed by atoms with Crippen LogP contribution in [0.15, 0.2) is 30.3 Å². The molecule has 0 saturated heterocycles. The van der Waals surface area contributed by atoms with Gasteiger partial charge >= 0.3 is 0 Å². The van der Waals surface area contributed by atoms with Crippen LogP contribution in [0.4, 0.5) is 11.4 Å². The number of ether oxygens (including phenoxy) is 3. The lowest BCUT2D eigenvalue weighted by Crippen LogP contribution is -2.46. The van der Waals surface area contributed by atoms with E-state index in [0.29, 0.717) is 48.0 Å². The molecule has 0 aromatic heterocycles. The number of benzene rings is 2. The number of aliphatic hydroxyl groups is 1. The lowest BCUT2D eigenvalue weighted by atomic mass is 9.88. The van der Waals surface area contributed by atoms with E-state index in [1.165, 1.54) is 6.42 Å². The van der Waals surface area contributed by atoms with Crippen LogP contribution >= 0.6 is 0 Å². The summed E-state index contributed by atoms with van der Waals surface area (Å²) in [6, 6.07) is 9.45. The van der Waals surface area contributed by atoms with Crippen LogP contribution < -0.4 is 30.2 Å². The van der Waals surface area contributed by atoms with Crippen LogP contribution in [0.2, 0.25) is 0 Å². The number of methoxy groups -OCH3 is 2. The maximum atomic E-state index is 12.9. The Kier molecular flexibility index (Phi) is 9.92. The molecule has 2 amide bonds. The maximum absolute atomic E-state index is 12.9. The van der Waals surface area contributed by atoms with E-state index in [-0.39, 0.29) is 29.9 Å². The summed E-state index contributed by atoms with van der Waals surface area (Å²) in [5.41, 5.74) is 2.84. The minimum atomic E-state index is -0.746. The first kappa shape index (κ1) is 29.7. The molecule has 1 atom stereocenters. The summed E-state index contributed by atoms with van der Waals surface area (Å²) < 4.78 is 16.8. The summed E-state index contributed by atoms with van der Waals surface area (Å²) in [4.78, 5) is 25.1. The lowest BCUT2D eigenvalue weighted by Gasteiger charge is -2.29. The predicted molar refractivity (Wildman–Crippen MR) is 155 cm³/mol. The minimum Gasteiger partial charge on any atom is -0.493 e. The number of carbonyl (C=O) groups excluding carboxylic acids is 2. The van der Waals surface area contributed by atoms with Crippen LogP contribution in [0.25, 0.3) is 0 Å². The first-order chi connectivity index (χ1) is 19.2. The van der Waals surface area contributed by atoms with Crippen LogP contribution in [0.5, 0.6) is 17.2 Å². The molecule has 1 fully saturated rings. The summed E-state index contributed by atoms with van der Waals surface area (Å²) in [5, 5.41) is 20.1. The highest BCUT2D eigenvalue weighted by Gasteiger charge is 2.26. The van der Waals surface area contributed by atoms with E-state index in [4.69, 9.17) is 14.2 Å². The zero-order valence-electron chi connectivity index (χ0n) is 24.1. The molecule has 0 radical (unpaired) electrons. The van der Waals surface area contributed by atoms with Crippen molar-refractivity contribution >= 4 is 23.2 Å². The van der Waals surface area contributed by atoms with E-state index >= 15 is 0 Å². The number of nitrogens with one attached hydrogen (secondary N) is 3. The van der Waals surface area contributed by atoms with Gasteiger partial charge in [-0.1, -0.05) is 25.3 Å². The highest BCUT2D eigenvalue weighted by molar-refractivity contribution is 6.03. The second-order valence-electron chi connectivity index (χ2n) is 11.4. The van der Waals surface area contributed by atoms with Crippen molar-refractivity contribution in [3.63, 3.8) is 0 Å². The Bertz CT molecular complexity index is 1190. The quantitative estimate of drug-likeness (QED) is 0.307. The number of rotatable bonds is 12. The van der Waals surface area contributed by atoms with Crippen LogP contribution in [-0.2, 0) is 22.4 Å². The first-order valence-corrected chi connectivity index (χ1v) is 14.2. The fourth-order valence-electron chi connectivity index (χ4n) is 5.50. The molecule has 9 nitrogen and oxygen atoms in total. The van der Waals surface area contributed by atoms with Gasteiger partial charge in [-0.25, -0.2) is 0 Å². The Labute approximate surface area is 237 Å². The van der Waals surface area contributed by atoms with Gasteiger partial charge in [0, 0.05) is 30.0 Å². The zero-order valence-corrected chi connectivity index (χ0v) is 24.1. The molecule has 0 spiro atoms. The number of aliphatic hydroxyl groups excluding tert-OH is 1. The summed E-state index contributed by atoms with van der Waals surface area (Å²) in [7, 11) is 3.23.